The maximum absolute atomic E-state index is 11.9. The van der Waals surface area contributed by atoms with Crippen LogP contribution < -0.4 is 15.6 Å². The Hall–Kier alpha value is -3.08. The van der Waals surface area contributed by atoms with E-state index in [2.05, 4.69) is 10.3 Å². The number of fused-ring (bicyclic) bond motifs is 1. The van der Waals surface area contributed by atoms with E-state index in [-0.39, 0.29) is 18.1 Å². The Bertz CT molecular complexity index is 901. The van der Waals surface area contributed by atoms with Crippen LogP contribution in [-0.4, -0.2) is 17.5 Å². The van der Waals surface area contributed by atoms with Crippen LogP contribution in [0.25, 0.3) is 10.9 Å². The van der Waals surface area contributed by atoms with Crippen LogP contribution in [0.3, 0.4) is 0 Å². The predicted molar refractivity (Wildman–Crippen MR) is 89.9 cm³/mol. The summed E-state index contributed by atoms with van der Waals surface area (Å²) in [5, 5.41) is 3.67. The number of benzene rings is 2. The van der Waals surface area contributed by atoms with Gasteiger partial charge in [-0.05, 0) is 42.6 Å². The lowest BCUT2D eigenvalue weighted by molar-refractivity contribution is -0.118. The molecule has 5 nitrogen and oxygen atoms in total. The van der Waals surface area contributed by atoms with Crippen molar-refractivity contribution in [1.82, 2.24) is 4.98 Å². The zero-order chi connectivity index (χ0) is 16.2. The fourth-order valence-electron chi connectivity index (χ4n) is 2.25. The van der Waals surface area contributed by atoms with Crippen LogP contribution in [0.15, 0.2) is 59.4 Å². The Balaban J connectivity index is 1.70. The van der Waals surface area contributed by atoms with Gasteiger partial charge in [-0.3, -0.25) is 9.59 Å². The van der Waals surface area contributed by atoms with Gasteiger partial charge in [0.1, 0.15) is 5.75 Å². The number of aromatic nitrogens is 1. The molecule has 0 aliphatic rings. The fourth-order valence-corrected chi connectivity index (χ4v) is 2.25. The average Bonchev–Trinajstić information content (AvgIpc) is 2.55. The lowest BCUT2D eigenvalue weighted by atomic mass is 10.1. The molecule has 0 saturated carbocycles. The second kappa shape index (κ2) is 6.36. The molecule has 0 spiro atoms. The number of hydrogen-bond donors (Lipinski definition) is 2. The highest BCUT2D eigenvalue weighted by Gasteiger charge is 2.05. The number of carbonyl (C=O) groups excluding carboxylic acids is 1. The van der Waals surface area contributed by atoms with Crippen LogP contribution in [-0.2, 0) is 4.79 Å². The van der Waals surface area contributed by atoms with Crippen LogP contribution in [0.5, 0.6) is 5.75 Å². The summed E-state index contributed by atoms with van der Waals surface area (Å²) in [7, 11) is 0. The number of carbonyl (C=O) groups is 1. The largest absolute Gasteiger partial charge is 0.484 e. The van der Waals surface area contributed by atoms with Crippen molar-refractivity contribution in [1.29, 1.82) is 0 Å². The molecule has 0 atom stereocenters. The van der Waals surface area contributed by atoms with E-state index >= 15 is 0 Å². The first-order valence-electron chi connectivity index (χ1n) is 7.23. The summed E-state index contributed by atoms with van der Waals surface area (Å²) in [5.41, 5.74) is 1.82. The normalized spacial score (nSPS) is 10.5. The average molecular weight is 308 g/mol. The Morgan fingerprint density at radius 2 is 1.91 bits per heavy atom. The van der Waals surface area contributed by atoms with Gasteiger partial charge in [0.05, 0.1) is 5.52 Å². The molecule has 3 rings (SSSR count). The third-order valence-corrected chi connectivity index (χ3v) is 3.43. The second-order valence-electron chi connectivity index (χ2n) is 5.23. The number of nitrogens with one attached hydrogen (secondary N) is 2. The summed E-state index contributed by atoms with van der Waals surface area (Å²) >= 11 is 0. The number of pyridine rings is 1. The fraction of sp³-hybridized carbons (Fsp3) is 0.111. The highest BCUT2D eigenvalue weighted by molar-refractivity contribution is 5.94. The lowest BCUT2D eigenvalue weighted by Crippen LogP contribution is -2.20. The van der Waals surface area contributed by atoms with Crippen molar-refractivity contribution < 1.29 is 9.53 Å². The van der Waals surface area contributed by atoms with Crippen LogP contribution >= 0.6 is 0 Å². The zero-order valence-electron chi connectivity index (χ0n) is 12.6. The minimum Gasteiger partial charge on any atom is -0.484 e. The standard InChI is InChI=1S/C18H16N2O3/c1-12-9-13-7-8-14(10-16(13)20-18(12)22)19-17(21)11-23-15-5-3-2-4-6-15/h2-10H,11H2,1H3,(H,19,21)(H,20,22). The van der Waals surface area contributed by atoms with Crippen LogP contribution in [0.1, 0.15) is 5.56 Å². The molecule has 0 aliphatic heterocycles. The molecule has 0 bridgehead atoms. The molecule has 0 unspecified atom stereocenters. The van der Waals surface area contributed by atoms with Crippen molar-refractivity contribution in [3.05, 3.63) is 70.5 Å². The van der Waals surface area contributed by atoms with E-state index < -0.39 is 0 Å². The van der Waals surface area contributed by atoms with Crippen LogP contribution in [0.4, 0.5) is 5.69 Å². The van der Waals surface area contributed by atoms with E-state index in [0.717, 1.165) is 5.39 Å². The van der Waals surface area contributed by atoms with Gasteiger partial charge in [-0.15, -0.1) is 0 Å². The van der Waals surface area contributed by atoms with Gasteiger partial charge < -0.3 is 15.0 Å². The van der Waals surface area contributed by atoms with Gasteiger partial charge in [0.2, 0.25) is 0 Å². The minimum atomic E-state index is -0.261. The first-order chi connectivity index (χ1) is 11.1. The molecule has 0 fully saturated rings. The summed E-state index contributed by atoms with van der Waals surface area (Å²) < 4.78 is 5.39. The topological polar surface area (TPSA) is 71.2 Å². The first kappa shape index (κ1) is 14.8. The summed E-state index contributed by atoms with van der Waals surface area (Å²) in [6, 6.07) is 16.3. The molecular formula is C18H16N2O3. The number of para-hydroxylation sites is 1. The molecule has 1 heterocycles. The van der Waals surface area contributed by atoms with Gasteiger partial charge in [0, 0.05) is 11.3 Å². The Kier molecular flexibility index (Phi) is 4.10. The molecule has 2 aromatic carbocycles. The number of anilines is 1. The van der Waals surface area contributed by atoms with Gasteiger partial charge >= 0.3 is 0 Å². The molecule has 1 aromatic heterocycles. The molecular weight excluding hydrogens is 292 g/mol. The van der Waals surface area contributed by atoms with E-state index in [0.29, 0.717) is 22.5 Å². The molecule has 23 heavy (non-hydrogen) atoms. The maximum Gasteiger partial charge on any atom is 0.262 e. The van der Waals surface area contributed by atoms with E-state index in [1.54, 1.807) is 31.2 Å². The Labute approximate surface area is 132 Å². The quantitative estimate of drug-likeness (QED) is 0.778. The van der Waals surface area contributed by atoms with Crippen molar-refractivity contribution in [3.63, 3.8) is 0 Å². The predicted octanol–water partition coefficient (Wildman–Crippen LogP) is 2.85. The van der Waals surface area contributed by atoms with Crippen molar-refractivity contribution >= 4 is 22.5 Å². The van der Waals surface area contributed by atoms with Crippen molar-refractivity contribution in [2.75, 3.05) is 11.9 Å². The highest BCUT2D eigenvalue weighted by Crippen LogP contribution is 2.17. The van der Waals surface area contributed by atoms with Crippen LogP contribution in [0.2, 0.25) is 0 Å². The number of ether oxygens (including phenoxy) is 1. The van der Waals surface area contributed by atoms with E-state index in [9.17, 15) is 9.59 Å². The summed E-state index contributed by atoms with van der Waals surface area (Å²) in [4.78, 5) is 26.4. The first-order valence-corrected chi connectivity index (χ1v) is 7.23. The molecule has 3 aromatic rings. The van der Waals surface area contributed by atoms with Crippen molar-refractivity contribution in [2.24, 2.45) is 0 Å². The SMILES string of the molecule is Cc1cc2ccc(NC(=O)COc3ccccc3)cc2[nH]c1=O. The van der Waals surface area contributed by atoms with E-state index in [4.69, 9.17) is 4.74 Å². The summed E-state index contributed by atoms with van der Waals surface area (Å²) in [6.45, 7) is 1.68. The van der Waals surface area contributed by atoms with E-state index in [1.165, 1.54) is 0 Å². The molecule has 1 amide bonds. The Morgan fingerprint density at radius 3 is 2.70 bits per heavy atom. The van der Waals surface area contributed by atoms with Crippen molar-refractivity contribution in [3.8, 4) is 5.75 Å². The third-order valence-electron chi connectivity index (χ3n) is 3.43. The second-order valence-corrected chi connectivity index (χ2v) is 5.23. The van der Waals surface area contributed by atoms with Gasteiger partial charge in [-0.25, -0.2) is 0 Å². The molecule has 0 radical (unpaired) electrons. The van der Waals surface area contributed by atoms with Gasteiger partial charge in [-0.1, -0.05) is 24.3 Å². The third kappa shape index (κ3) is 3.58. The summed E-state index contributed by atoms with van der Waals surface area (Å²) in [5.74, 6) is 0.378. The maximum atomic E-state index is 11.9. The van der Waals surface area contributed by atoms with Gasteiger partial charge in [0.15, 0.2) is 6.61 Å². The smallest absolute Gasteiger partial charge is 0.262 e. The number of rotatable bonds is 4. The summed E-state index contributed by atoms with van der Waals surface area (Å²) in [6.07, 6.45) is 0. The van der Waals surface area contributed by atoms with Crippen LogP contribution in [0, 0.1) is 6.92 Å². The number of aromatic amines is 1. The number of hydrogen-bond acceptors (Lipinski definition) is 3. The monoisotopic (exact) mass is 308 g/mol. The lowest BCUT2D eigenvalue weighted by Gasteiger charge is -2.08. The minimum absolute atomic E-state index is 0.0769. The van der Waals surface area contributed by atoms with Gasteiger partial charge in [0.25, 0.3) is 11.5 Å². The molecule has 2 N–H and O–H groups in total. The molecule has 5 heteroatoms. The molecule has 0 saturated heterocycles. The number of aryl methyl sites for hydroxylation is 1. The Morgan fingerprint density at radius 1 is 1.13 bits per heavy atom. The number of H-pyrrole nitrogens is 1. The highest BCUT2D eigenvalue weighted by atomic mass is 16.5. The number of amides is 1. The molecule has 0 aliphatic carbocycles. The van der Waals surface area contributed by atoms with E-state index in [1.807, 2.05) is 30.3 Å². The zero-order valence-corrected chi connectivity index (χ0v) is 12.6. The molecule has 116 valence electrons. The van der Waals surface area contributed by atoms with Crippen molar-refractivity contribution in [2.45, 2.75) is 6.92 Å². The van der Waals surface area contributed by atoms with Gasteiger partial charge in [-0.2, -0.15) is 0 Å².